The number of aromatic nitrogens is 2. The summed E-state index contributed by atoms with van der Waals surface area (Å²) in [6.45, 7) is 1.81. The molecular weight excluding hydrogens is 407 g/mol. The van der Waals surface area contributed by atoms with Crippen molar-refractivity contribution in [3.05, 3.63) is 88.7 Å². The fourth-order valence-electron chi connectivity index (χ4n) is 3.75. The summed E-state index contributed by atoms with van der Waals surface area (Å²) in [5.41, 5.74) is 3.16. The van der Waals surface area contributed by atoms with Crippen LogP contribution in [0.1, 0.15) is 18.7 Å². The lowest BCUT2D eigenvalue weighted by molar-refractivity contribution is -0.113. The molecule has 0 fully saturated rings. The highest BCUT2D eigenvalue weighted by molar-refractivity contribution is 6.31. The standard InChI is InChI=1S/C22H16ClFN4O2/c1-12-19(21(29)26-13-8-9-15(24)14(23)11-13)20(18-7-4-10-30-18)28-17-6-3-2-5-16(17)27-22(28)25-12/h2-11,20H,1H3,(H,25,27)(H,26,29). The van der Waals surface area contributed by atoms with Crippen molar-refractivity contribution in [1.82, 2.24) is 9.55 Å². The third kappa shape index (κ3) is 2.95. The lowest BCUT2D eigenvalue weighted by atomic mass is 9.99. The molecule has 2 aromatic heterocycles. The van der Waals surface area contributed by atoms with Crippen molar-refractivity contribution >= 4 is 40.2 Å². The van der Waals surface area contributed by atoms with Crippen molar-refractivity contribution in [3.8, 4) is 0 Å². The molecule has 1 amide bonds. The van der Waals surface area contributed by atoms with E-state index in [0.717, 1.165) is 11.0 Å². The van der Waals surface area contributed by atoms with Gasteiger partial charge in [0.15, 0.2) is 0 Å². The first-order valence-electron chi connectivity index (χ1n) is 9.27. The molecule has 0 aliphatic carbocycles. The normalized spacial score (nSPS) is 15.8. The smallest absolute Gasteiger partial charge is 0.255 e. The highest BCUT2D eigenvalue weighted by atomic mass is 35.5. The Hall–Kier alpha value is -3.58. The van der Waals surface area contributed by atoms with E-state index in [1.807, 2.05) is 41.8 Å². The van der Waals surface area contributed by atoms with Gasteiger partial charge in [0.2, 0.25) is 5.95 Å². The number of allylic oxidation sites excluding steroid dienone is 1. The molecule has 8 heteroatoms. The van der Waals surface area contributed by atoms with E-state index in [1.54, 1.807) is 12.3 Å². The first-order valence-corrected chi connectivity index (χ1v) is 9.65. The molecule has 0 bridgehead atoms. The average Bonchev–Trinajstić information content (AvgIpc) is 3.37. The molecule has 0 saturated carbocycles. The number of benzene rings is 2. The summed E-state index contributed by atoms with van der Waals surface area (Å²) >= 11 is 5.86. The molecule has 0 radical (unpaired) electrons. The van der Waals surface area contributed by atoms with Crippen LogP contribution in [-0.4, -0.2) is 15.5 Å². The van der Waals surface area contributed by atoms with Crippen molar-refractivity contribution in [1.29, 1.82) is 0 Å². The van der Waals surface area contributed by atoms with Crippen LogP contribution in [0.4, 0.5) is 16.0 Å². The van der Waals surface area contributed by atoms with Gasteiger partial charge < -0.3 is 15.1 Å². The van der Waals surface area contributed by atoms with Crippen LogP contribution in [-0.2, 0) is 4.79 Å². The van der Waals surface area contributed by atoms with Crippen LogP contribution in [0.5, 0.6) is 0 Å². The number of nitrogens with zero attached hydrogens (tertiary/aromatic N) is 2. The number of rotatable bonds is 3. The number of fused-ring (bicyclic) bond motifs is 3. The predicted molar refractivity (Wildman–Crippen MR) is 113 cm³/mol. The van der Waals surface area contributed by atoms with Crippen molar-refractivity contribution in [2.75, 3.05) is 10.6 Å². The molecule has 30 heavy (non-hydrogen) atoms. The molecule has 2 N–H and O–H groups in total. The quantitative estimate of drug-likeness (QED) is 0.467. The molecule has 1 aliphatic rings. The van der Waals surface area contributed by atoms with Gasteiger partial charge in [-0.3, -0.25) is 9.36 Å². The number of para-hydroxylation sites is 2. The fourth-order valence-corrected chi connectivity index (χ4v) is 3.93. The molecule has 0 saturated heterocycles. The minimum absolute atomic E-state index is 0.0641. The number of hydrogen-bond donors (Lipinski definition) is 2. The molecule has 6 nitrogen and oxygen atoms in total. The van der Waals surface area contributed by atoms with E-state index in [9.17, 15) is 9.18 Å². The predicted octanol–water partition coefficient (Wildman–Crippen LogP) is 5.35. The first-order chi connectivity index (χ1) is 14.5. The van der Waals surface area contributed by atoms with Gasteiger partial charge in [-0.2, -0.15) is 0 Å². The van der Waals surface area contributed by atoms with Crippen LogP contribution in [0.15, 0.2) is 76.5 Å². The summed E-state index contributed by atoms with van der Waals surface area (Å²) in [5.74, 6) is 0.318. The lowest BCUT2D eigenvalue weighted by Crippen LogP contribution is -2.30. The molecule has 0 spiro atoms. The molecule has 1 atom stereocenters. The Morgan fingerprint density at radius 2 is 2.07 bits per heavy atom. The zero-order chi connectivity index (χ0) is 20.8. The van der Waals surface area contributed by atoms with Gasteiger partial charge >= 0.3 is 0 Å². The van der Waals surface area contributed by atoms with Crippen LogP contribution in [0.3, 0.4) is 0 Å². The van der Waals surface area contributed by atoms with Gasteiger partial charge in [0.25, 0.3) is 5.91 Å². The summed E-state index contributed by atoms with van der Waals surface area (Å²) in [4.78, 5) is 18.0. The van der Waals surface area contributed by atoms with E-state index in [2.05, 4.69) is 15.6 Å². The summed E-state index contributed by atoms with van der Waals surface area (Å²) in [6.07, 6.45) is 1.57. The average molecular weight is 423 g/mol. The maximum atomic E-state index is 13.5. The van der Waals surface area contributed by atoms with E-state index in [1.165, 1.54) is 18.2 Å². The monoisotopic (exact) mass is 422 g/mol. The van der Waals surface area contributed by atoms with Gasteiger partial charge in [0.1, 0.15) is 17.6 Å². The van der Waals surface area contributed by atoms with E-state index in [4.69, 9.17) is 16.0 Å². The highest BCUT2D eigenvalue weighted by Gasteiger charge is 2.35. The van der Waals surface area contributed by atoms with E-state index in [-0.39, 0.29) is 10.9 Å². The summed E-state index contributed by atoms with van der Waals surface area (Å²) in [7, 11) is 0. The number of furan rings is 1. The van der Waals surface area contributed by atoms with E-state index < -0.39 is 11.9 Å². The van der Waals surface area contributed by atoms with Gasteiger partial charge in [-0.1, -0.05) is 23.7 Å². The second kappa shape index (κ2) is 7.03. The van der Waals surface area contributed by atoms with Crippen LogP contribution >= 0.6 is 11.6 Å². The van der Waals surface area contributed by atoms with Gasteiger partial charge in [-0.15, -0.1) is 0 Å². The Morgan fingerprint density at radius 3 is 2.83 bits per heavy atom. The largest absolute Gasteiger partial charge is 0.467 e. The van der Waals surface area contributed by atoms with Crippen LogP contribution < -0.4 is 10.6 Å². The maximum absolute atomic E-state index is 13.5. The Labute approximate surface area is 176 Å². The van der Waals surface area contributed by atoms with Gasteiger partial charge in [-0.05, 0) is 49.4 Å². The number of carbonyl (C=O) groups excluding carboxylic acids is 1. The zero-order valence-corrected chi connectivity index (χ0v) is 16.6. The second-order valence-corrected chi connectivity index (χ2v) is 7.37. The number of imidazole rings is 1. The molecule has 1 unspecified atom stereocenters. The number of hydrogen-bond acceptors (Lipinski definition) is 4. The molecule has 1 aliphatic heterocycles. The van der Waals surface area contributed by atoms with Gasteiger partial charge in [-0.25, -0.2) is 9.37 Å². The number of amides is 1. The van der Waals surface area contributed by atoms with Crippen molar-refractivity contribution in [3.63, 3.8) is 0 Å². The molecule has 3 heterocycles. The summed E-state index contributed by atoms with van der Waals surface area (Å²) < 4.78 is 21.1. The number of anilines is 2. The number of carbonyl (C=O) groups is 1. The first kappa shape index (κ1) is 18.4. The molecule has 2 aromatic carbocycles. The lowest BCUT2D eigenvalue weighted by Gasteiger charge is -2.29. The Bertz CT molecular complexity index is 1310. The van der Waals surface area contributed by atoms with Crippen molar-refractivity contribution < 1.29 is 13.6 Å². The van der Waals surface area contributed by atoms with Crippen LogP contribution in [0.25, 0.3) is 11.0 Å². The van der Waals surface area contributed by atoms with Crippen LogP contribution in [0, 0.1) is 5.82 Å². The van der Waals surface area contributed by atoms with E-state index in [0.29, 0.717) is 28.7 Å². The van der Waals surface area contributed by atoms with Crippen molar-refractivity contribution in [2.45, 2.75) is 13.0 Å². The topological polar surface area (TPSA) is 72.1 Å². The molecule has 150 valence electrons. The molecular formula is C22H16ClFN4O2. The van der Waals surface area contributed by atoms with Gasteiger partial charge in [0, 0.05) is 11.4 Å². The van der Waals surface area contributed by atoms with Crippen molar-refractivity contribution in [2.24, 2.45) is 0 Å². The van der Waals surface area contributed by atoms with Gasteiger partial charge in [0.05, 0.1) is 27.9 Å². The van der Waals surface area contributed by atoms with Crippen LogP contribution in [0.2, 0.25) is 5.02 Å². The summed E-state index contributed by atoms with van der Waals surface area (Å²) in [6, 6.07) is 14.8. The molecule has 4 aromatic rings. The second-order valence-electron chi connectivity index (χ2n) is 6.96. The fraction of sp³-hybridized carbons (Fsp3) is 0.0909. The number of halogens is 2. The maximum Gasteiger partial charge on any atom is 0.255 e. The minimum Gasteiger partial charge on any atom is -0.467 e. The highest BCUT2D eigenvalue weighted by Crippen LogP contribution is 2.39. The minimum atomic E-state index is -0.549. The Kier molecular flexibility index (Phi) is 4.33. The third-order valence-electron chi connectivity index (χ3n) is 5.07. The third-order valence-corrected chi connectivity index (χ3v) is 5.36. The summed E-state index contributed by atoms with van der Waals surface area (Å²) in [5, 5.41) is 5.97. The van der Waals surface area contributed by atoms with E-state index >= 15 is 0 Å². The number of nitrogens with one attached hydrogen (secondary N) is 2. The SMILES string of the molecule is CC1=C(C(=O)Nc2ccc(F)c(Cl)c2)C(c2ccco2)n2c(nc3ccccc32)N1. The Balaban J connectivity index is 1.62. The molecule has 5 rings (SSSR count). The zero-order valence-electron chi connectivity index (χ0n) is 15.8. The Morgan fingerprint density at radius 1 is 1.23 bits per heavy atom.